The number of benzene rings is 1. The first kappa shape index (κ1) is 16.3. The van der Waals surface area contributed by atoms with E-state index in [2.05, 4.69) is 45.3 Å². The Morgan fingerprint density at radius 1 is 1.29 bits per heavy atom. The second kappa shape index (κ2) is 6.37. The predicted octanol–water partition coefficient (Wildman–Crippen LogP) is 4.03. The van der Waals surface area contributed by atoms with Gasteiger partial charge >= 0.3 is 0 Å². The first-order valence-electron chi connectivity index (χ1n) is 8.02. The molecule has 3 N–H and O–H groups in total. The SMILES string of the molecule is COc1c(C(NN)C2CCCCC2(C)C)ccc(C)c1C. The van der Waals surface area contributed by atoms with Gasteiger partial charge in [0.15, 0.2) is 0 Å². The molecule has 0 heterocycles. The second-order valence-electron chi connectivity index (χ2n) is 7.12. The van der Waals surface area contributed by atoms with E-state index in [0.29, 0.717) is 11.3 Å². The number of rotatable bonds is 4. The Kier molecular flexibility index (Phi) is 4.95. The van der Waals surface area contributed by atoms with Gasteiger partial charge in [0.1, 0.15) is 5.75 Å². The smallest absolute Gasteiger partial charge is 0.126 e. The van der Waals surface area contributed by atoms with Crippen molar-refractivity contribution >= 4 is 0 Å². The number of hydrogen-bond donors (Lipinski definition) is 2. The van der Waals surface area contributed by atoms with Crippen LogP contribution in [-0.2, 0) is 0 Å². The van der Waals surface area contributed by atoms with Crippen molar-refractivity contribution in [2.45, 2.75) is 59.4 Å². The Balaban J connectivity index is 2.44. The summed E-state index contributed by atoms with van der Waals surface area (Å²) in [6, 6.07) is 4.50. The van der Waals surface area contributed by atoms with Crippen molar-refractivity contribution in [3.05, 3.63) is 28.8 Å². The van der Waals surface area contributed by atoms with E-state index in [-0.39, 0.29) is 6.04 Å². The average Bonchev–Trinajstić information content (AvgIpc) is 2.45. The molecule has 2 atom stereocenters. The van der Waals surface area contributed by atoms with Crippen molar-refractivity contribution in [2.24, 2.45) is 17.2 Å². The van der Waals surface area contributed by atoms with Gasteiger partial charge < -0.3 is 4.74 Å². The molecule has 0 saturated heterocycles. The Hall–Kier alpha value is -1.06. The monoisotopic (exact) mass is 290 g/mol. The fourth-order valence-electron chi connectivity index (χ4n) is 3.89. The molecule has 1 aromatic carbocycles. The van der Waals surface area contributed by atoms with Crippen LogP contribution in [0.15, 0.2) is 12.1 Å². The molecule has 3 nitrogen and oxygen atoms in total. The van der Waals surface area contributed by atoms with Crippen LogP contribution < -0.4 is 16.0 Å². The van der Waals surface area contributed by atoms with Crippen molar-refractivity contribution < 1.29 is 4.74 Å². The molecular weight excluding hydrogens is 260 g/mol. The number of nitrogens with two attached hydrogens (primary N) is 1. The molecule has 1 fully saturated rings. The van der Waals surface area contributed by atoms with Crippen LogP contribution in [0, 0.1) is 25.2 Å². The third kappa shape index (κ3) is 3.09. The molecule has 2 rings (SSSR count). The summed E-state index contributed by atoms with van der Waals surface area (Å²) < 4.78 is 5.70. The first-order valence-corrected chi connectivity index (χ1v) is 8.02. The standard InChI is InChI=1S/C18H30N2O/c1-12-9-10-14(17(21-5)13(12)2)16(20-19)15-8-6-7-11-18(15,3)4/h9-10,15-16,20H,6-8,11,19H2,1-5H3. The van der Waals surface area contributed by atoms with Crippen molar-refractivity contribution in [3.8, 4) is 5.75 Å². The zero-order chi connectivity index (χ0) is 15.6. The van der Waals surface area contributed by atoms with E-state index in [1.54, 1.807) is 7.11 Å². The van der Waals surface area contributed by atoms with Gasteiger partial charge in [0.2, 0.25) is 0 Å². The zero-order valence-electron chi connectivity index (χ0n) is 14.1. The van der Waals surface area contributed by atoms with Crippen LogP contribution in [0.4, 0.5) is 0 Å². The summed E-state index contributed by atoms with van der Waals surface area (Å²) in [4.78, 5) is 0. The van der Waals surface area contributed by atoms with Crippen molar-refractivity contribution in [1.29, 1.82) is 0 Å². The molecular formula is C18H30N2O. The van der Waals surface area contributed by atoms with Crippen LogP contribution in [0.25, 0.3) is 0 Å². The quantitative estimate of drug-likeness (QED) is 0.650. The molecule has 21 heavy (non-hydrogen) atoms. The third-order valence-electron chi connectivity index (χ3n) is 5.42. The van der Waals surface area contributed by atoms with Crippen molar-refractivity contribution in [1.82, 2.24) is 5.43 Å². The maximum atomic E-state index is 5.96. The molecule has 0 bridgehead atoms. The Morgan fingerprint density at radius 3 is 2.57 bits per heavy atom. The molecule has 0 amide bonds. The van der Waals surface area contributed by atoms with Gasteiger partial charge in [-0.2, -0.15) is 0 Å². The summed E-state index contributed by atoms with van der Waals surface area (Å²) >= 11 is 0. The van der Waals surface area contributed by atoms with Crippen LogP contribution in [0.1, 0.15) is 62.3 Å². The van der Waals surface area contributed by atoms with E-state index in [1.165, 1.54) is 42.4 Å². The number of hydrogen-bond acceptors (Lipinski definition) is 3. The fraction of sp³-hybridized carbons (Fsp3) is 0.667. The highest BCUT2D eigenvalue weighted by Crippen LogP contribution is 2.48. The first-order chi connectivity index (χ1) is 9.92. The molecule has 1 aromatic rings. The van der Waals surface area contributed by atoms with Gasteiger partial charge in [-0.3, -0.25) is 11.3 Å². The summed E-state index contributed by atoms with van der Waals surface area (Å²) in [5.74, 6) is 7.48. The van der Waals surface area contributed by atoms with E-state index in [4.69, 9.17) is 10.6 Å². The van der Waals surface area contributed by atoms with Gasteiger partial charge in [-0.1, -0.05) is 38.8 Å². The highest BCUT2D eigenvalue weighted by Gasteiger charge is 2.39. The molecule has 118 valence electrons. The van der Waals surface area contributed by atoms with Crippen LogP contribution >= 0.6 is 0 Å². The predicted molar refractivity (Wildman–Crippen MR) is 88.3 cm³/mol. The van der Waals surface area contributed by atoms with E-state index in [0.717, 1.165) is 5.75 Å². The molecule has 1 aliphatic carbocycles. The lowest BCUT2D eigenvalue weighted by atomic mass is 9.64. The molecule has 2 unspecified atom stereocenters. The largest absolute Gasteiger partial charge is 0.496 e. The summed E-state index contributed by atoms with van der Waals surface area (Å²) in [5.41, 5.74) is 7.06. The van der Waals surface area contributed by atoms with E-state index in [9.17, 15) is 0 Å². The number of hydrazine groups is 1. The van der Waals surface area contributed by atoms with Crippen molar-refractivity contribution in [2.75, 3.05) is 7.11 Å². The molecule has 0 radical (unpaired) electrons. The lowest BCUT2D eigenvalue weighted by molar-refractivity contribution is 0.0971. The second-order valence-corrected chi connectivity index (χ2v) is 7.12. The average molecular weight is 290 g/mol. The van der Waals surface area contributed by atoms with E-state index >= 15 is 0 Å². The minimum absolute atomic E-state index is 0.148. The molecule has 0 aromatic heterocycles. The Labute approximate surface area is 129 Å². The number of nitrogens with one attached hydrogen (secondary N) is 1. The summed E-state index contributed by atoms with van der Waals surface area (Å²) in [6.07, 6.45) is 5.10. The molecule has 0 aliphatic heterocycles. The maximum Gasteiger partial charge on any atom is 0.126 e. The van der Waals surface area contributed by atoms with Crippen LogP contribution in [-0.4, -0.2) is 7.11 Å². The molecule has 1 aliphatic rings. The highest BCUT2D eigenvalue weighted by atomic mass is 16.5. The summed E-state index contributed by atoms with van der Waals surface area (Å²) in [5, 5.41) is 0. The van der Waals surface area contributed by atoms with Gasteiger partial charge in [0.05, 0.1) is 13.2 Å². The lowest BCUT2D eigenvalue weighted by Gasteiger charge is -2.43. The van der Waals surface area contributed by atoms with Crippen LogP contribution in [0.5, 0.6) is 5.75 Å². The van der Waals surface area contributed by atoms with Gasteiger partial charge in [-0.25, -0.2) is 0 Å². The van der Waals surface area contributed by atoms with Gasteiger partial charge in [-0.05, 0) is 49.1 Å². The number of aryl methyl sites for hydroxylation is 1. The minimum atomic E-state index is 0.148. The van der Waals surface area contributed by atoms with Crippen molar-refractivity contribution in [3.63, 3.8) is 0 Å². The molecule has 0 spiro atoms. The van der Waals surface area contributed by atoms with Crippen LogP contribution in [0.2, 0.25) is 0 Å². The highest BCUT2D eigenvalue weighted by molar-refractivity contribution is 5.47. The third-order valence-corrected chi connectivity index (χ3v) is 5.42. The van der Waals surface area contributed by atoms with E-state index in [1.807, 2.05) is 0 Å². The molecule has 3 heteroatoms. The Morgan fingerprint density at radius 2 is 2.00 bits per heavy atom. The molecule has 1 saturated carbocycles. The summed E-state index contributed by atoms with van der Waals surface area (Å²) in [6.45, 7) is 8.98. The van der Waals surface area contributed by atoms with E-state index < -0.39 is 0 Å². The normalized spacial score (nSPS) is 22.9. The Bertz CT molecular complexity index is 496. The van der Waals surface area contributed by atoms with Gasteiger partial charge in [-0.15, -0.1) is 0 Å². The topological polar surface area (TPSA) is 47.3 Å². The van der Waals surface area contributed by atoms with Gasteiger partial charge in [0.25, 0.3) is 0 Å². The fourth-order valence-corrected chi connectivity index (χ4v) is 3.89. The maximum absolute atomic E-state index is 5.96. The zero-order valence-corrected chi connectivity index (χ0v) is 14.1. The number of ether oxygens (including phenoxy) is 1. The lowest BCUT2D eigenvalue weighted by Crippen LogP contribution is -2.42. The van der Waals surface area contributed by atoms with Crippen LogP contribution in [0.3, 0.4) is 0 Å². The summed E-state index contributed by atoms with van der Waals surface area (Å²) in [7, 11) is 1.75. The van der Waals surface area contributed by atoms with Gasteiger partial charge in [0, 0.05) is 5.56 Å². The minimum Gasteiger partial charge on any atom is -0.496 e. The number of methoxy groups -OCH3 is 1.